The van der Waals surface area contributed by atoms with Gasteiger partial charge in [0.15, 0.2) is 0 Å². The van der Waals surface area contributed by atoms with Crippen molar-refractivity contribution in [2.75, 3.05) is 7.11 Å². The molecule has 5 heteroatoms. The van der Waals surface area contributed by atoms with Crippen LogP contribution in [0, 0.1) is 12.7 Å². The van der Waals surface area contributed by atoms with Crippen LogP contribution in [0.5, 0.6) is 5.75 Å². The van der Waals surface area contributed by atoms with Crippen LogP contribution in [-0.2, 0) is 0 Å². The second-order valence-electron chi connectivity index (χ2n) is 4.24. The summed E-state index contributed by atoms with van der Waals surface area (Å²) in [7, 11) is 1.54. The lowest BCUT2D eigenvalue weighted by Gasteiger charge is -2.20. The van der Waals surface area contributed by atoms with Gasteiger partial charge in [0.2, 0.25) is 0 Å². The van der Waals surface area contributed by atoms with E-state index in [1.54, 1.807) is 37.7 Å². The maximum Gasteiger partial charge on any atom is 0.142 e. The minimum Gasteiger partial charge on any atom is -0.495 e. The van der Waals surface area contributed by atoms with Crippen molar-refractivity contribution >= 4 is 0 Å². The number of halogens is 1. The van der Waals surface area contributed by atoms with Gasteiger partial charge in [0.25, 0.3) is 0 Å². The molecule has 3 N–H and O–H groups in total. The fraction of sp³-hybridized carbons (Fsp3) is 0.214. The molecule has 0 saturated heterocycles. The fourth-order valence-electron chi connectivity index (χ4n) is 2.03. The summed E-state index contributed by atoms with van der Waals surface area (Å²) in [6.45, 7) is 1.90. The molecule has 0 aliphatic carbocycles. The average Bonchev–Trinajstić information content (AvgIpc) is 2.44. The van der Waals surface area contributed by atoms with Crippen molar-refractivity contribution < 1.29 is 9.13 Å². The highest BCUT2D eigenvalue weighted by molar-refractivity contribution is 5.41. The first-order valence-corrected chi connectivity index (χ1v) is 5.87. The molecule has 0 radical (unpaired) electrons. The van der Waals surface area contributed by atoms with Gasteiger partial charge in [-0.2, -0.15) is 0 Å². The van der Waals surface area contributed by atoms with E-state index in [2.05, 4.69) is 10.4 Å². The smallest absolute Gasteiger partial charge is 0.142 e. The summed E-state index contributed by atoms with van der Waals surface area (Å²) >= 11 is 0. The number of nitrogens with one attached hydrogen (secondary N) is 1. The van der Waals surface area contributed by atoms with Gasteiger partial charge >= 0.3 is 0 Å². The number of pyridine rings is 1. The third kappa shape index (κ3) is 2.72. The maximum absolute atomic E-state index is 14.0. The van der Waals surface area contributed by atoms with E-state index < -0.39 is 6.04 Å². The Hall–Kier alpha value is -1.98. The van der Waals surface area contributed by atoms with Gasteiger partial charge in [0.1, 0.15) is 11.6 Å². The Labute approximate surface area is 111 Å². The lowest BCUT2D eigenvalue weighted by molar-refractivity contribution is 0.401. The number of ether oxygens (including phenoxy) is 1. The normalized spacial score (nSPS) is 12.2. The van der Waals surface area contributed by atoms with Crippen LogP contribution < -0.4 is 16.0 Å². The highest BCUT2D eigenvalue weighted by Crippen LogP contribution is 2.30. The molecule has 0 aliphatic heterocycles. The molecule has 2 rings (SSSR count). The van der Waals surface area contributed by atoms with Crippen LogP contribution in [0.4, 0.5) is 4.39 Å². The maximum atomic E-state index is 14.0. The summed E-state index contributed by atoms with van der Waals surface area (Å²) in [5.41, 5.74) is 4.81. The number of hydrogen-bond donors (Lipinski definition) is 2. The zero-order chi connectivity index (χ0) is 13.8. The molecule has 0 spiro atoms. The SMILES string of the molecule is COc1cnccc1C(NN)c1cc(C)ccc1F. The predicted octanol–water partition coefficient (Wildman–Crippen LogP) is 2.09. The number of aryl methyl sites for hydroxylation is 1. The molecule has 1 unspecified atom stereocenters. The topological polar surface area (TPSA) is 60.2 Å². The van der Waals surface area contributed by atoms with E-state index in [-0.39, 0.29) is 5.82 Å². The molecule has 0 fully saturated rings. The van der Waals surface area contributed by atoms with Crippen LogP contribution in [0.25, 0.3) is 0 Å². The number of rotatable bonds is 4. The lowest BCUT2D eigenvalue weighted by atomic mass is 9.97. The molecule has 2 aromatic rings. The van der Waals surface area contributed by atoms with Gasteiger partial charge in [0, 0.05) is 17.3 Å². The minimum absolute atomic E-state index is 0.313. The number of nitrogens with zero attached hydrogens (tertiary/aromatic N) is 1. The Kier molecular flexibility index (Phi) is 4.09. The quantitative estimate of drug-likeness (QED) is 0.653. The Balaban J connectivity index is 2.53. The van der Waals surface area contributed by atoms with E-state index in [0.717, 1.165) is 11.1 Å². The van der Waals surface area contributed by atoms with Crippen LogP contribution in [-0.4, -0.2) is 12.1 Å². The van der Waals surface area contributed by atoms with E-state index >= 15 is 0 Å². The second kappa shape index (κ2) is 5.77. The third-order valence-corrected chi connectivity index (χ3v) is 2.98. The van der Waals surface area contributed by atoms with Crippen molar-refractivity contribution in [2.45, 2.75) is 13.0 Å². The van der Waals surface area contributed by atoms with Crippen molar-refractivity contribution in [3.05, 3.63) is 59.2 Å². The summed E-state index contributed by atoms with van der Waals surface area (Å²) in [4.78, 5) is 3.98. The van der Waals surface area contributed by atoms with Crippen molar-refractivity contribution in [1.82, 2.24) is 10.4 Å². The summed E-state index contributed by atoms with van der Waals surface area (Å²) in [6, 6.07) is 6.18. The number of benzene rings is 1. The third-order valence-electron chi connectivity index (χ3n) is 2.98. The first kappa shape index (κ1) is 13.5. The fourth-order valence-corrected chi connectivity index (χ4v) is 2.03. The molecule has 1 atom stereocenters. The number of nitrogens with two attached hydrogens (primary N) is 1. The van der Waals surface area contributed by atoms with Crippen LogP contribution in [0.3, 0.4) is 0 Å². The molecule has 0 bridgehead atoms. The first-order chi connectivity index (χ1) is 9.17. The van der Waals surface area contributed by atoms with E-state index in [0.29, 0.717) is 11.3 Å². The molecule has 1 aromatic heterocycles. The molecule has 19 heavy (non-hydrogen) atoms. The summed E-state index contributed by atoms with van der Waals surface area (Å²) in [5, 5.41) is 0. The molecule has 100 valence electrons. The molecule has 0 saturated carbocycles. The van der Waals surface area contributed by atoms with Crippen LogP contribution in [0.1, 0.15) is 22.7 Å². The molecule has 0 aliphatic rings. The molecule has 0 amide bonds. The van der Waals surface area contributed by atoms with Crippen molar-refractivity contribution in [1.29, 1.82) is 0 Å². The van der Waals surface area contributed by atoms with Crippen molar-refractivity contribution in [3.63, 3.8) is 0 Å². The van der Waals surface area contributed by atoms with Crippen molar-refractivity contribution in [3.8, 4) is 5.75 Å². The number of hydrazine groups is 1. The van der Waals surface area contributed by atoms with Crippen LogP contribution in [0.2, 0.25) is 0 Å². The summed E-state index contributed by atoms with van der Waals surface area (Å²) in [5.74, 6) is 5.84. The zero-order valence-corrected chi connectivity index (χ0v) is 10.9. The monoisotopic (exact) mass is 261 g/mol. The Morgan fingerprint density at radius 3 is 2.79 bits per heavy atom. The molecular weight excluding hydrogens is 245 g/mol. The molecular formula is C14H16FN3O. The number of hydrogen-bond acceptors (Lipinski definition) is 4. The van der Waals surface area contributed by atoms with E-state index in [1.165, 1.54) is 6.07 Å². The summed E-state index contributed by atoms with van der Waals surface area (Å²) in [6.07, 6.45) is 3.20. The highest BCUT2D eigenvalue weighted by atomic mass is 19.1. The minimum atomic E-state index is -0.488. The summed E-state index contributed by atoms with van der Waals surface area (Å²) < 4.78 is 19.2. The highest BCUT2D eigenvalue weighted by Gasteiger charge is 2.20. The van der Waals surface area contributed by atoms with Crippen LogP contribution >= 0.6 is 0 Å². The van der Waals surface area contributed by atoms with Crippen LogP contribution in [0.15, 0.2) is 36.7 Å². The van der Waals surface area contributed by atoms with Crippen molar-refractivity contribution in [2.24, 2.45) is 5.84 Å². The van der Waals surface area contributed by atoms with E-state index in [1.807, 2.05) is 6.92 Å². The van der Waals surface area contributed by atoms with Gasteiger partial charge in [-0.05, 0) is 19.1 Å². The van der Waals surface area contributed by atoms with Gasteiger partial charge < -0.3 is 4.74 Å². The molecule has 4 nitrogen and oxygen atoms in total. The molecule has 1 aromatic carbocycles. The van der Waals surface area contributed by atoms with Gasteiger partial charge in [-0.15, -0.1) is 0 Å². The first-order valence-electron chi connectivity index (χ1n) is 5.87. The Morgan fingerprint density at radius 1 is 1.32 bits per heavy atom. The van der Waals surface area contributed by atoms with Gasteiger partial charge in [-0.1, -0.05) is 17.7 Å². The van der Waals surface area contributed by atoms with Gasteiger partial charge in [-0.3, -0.25) is 10.8 Å². The number of methoxy groups -OCH3 is 1. The van der Waals surface area contributed by atoms with Gasteiger partial charge in [0.05, 0.1) is 19.3 Å². The van der Waals surface area contributed by atoms with Gasteiger partial charge in [-0.25, -0.2) is 9.82 Å². The zero-order valence-electron chi connectivity index (χ0n) is 10.9. The Bertz CT molecular complexity index is 574. The van der Waals surface area contributed by atoms with E-state index in [4.69, 9.17) is 10.6 Å². The second-order valence-corrected chi connectivity index (χ2v) is 4.24. The largest absolute Gasteiger partial charge is 0.495 e. The number of aromatic nitrogens is 1. The lowest BCUT2D eigenvalue weighted by Crippen LogP contribution is -2.30. The standard InChI is InChI=1S/C14H16FN3O/c1-9-3-4-12(15)11(7-9)14(18-16)10-5-6-17-8-13(10)19-2/h3-8,14,18H,16H2,1-2H3. The molecule has 1 heterocycles. The van der Waals surface area contributed by atoms with E-state index in [9.17, 15) is 4.39 Å². The average molecular weight is 261 g/mol. The predicted molar refractivity (Wildman–Crippen MR) is 71.1 cm³/mol. The Morgan fingerprint density at radius 2 is 2.11 bits per heavy atom.